The fourth-order valence-electron chi connectivity index (χ4n) is 2.06. The van der Waals surface area contributed by atoms with Crippen molar-refractivity contribution in [2.24, 2.45) is 0 Å². The molecule has 3 rings (SSSR count). The molecule has 0 saturated heterocycles. The first-order valence-electron chi connectivity index (χ1n) is 6.28. The van der Waals surface area contributed by atoms with Crippen LogP contribution in [0.2, 0.25) is 0 Å². The molecule has 1 unspecified atom stereocenters. The van der Waals surface area contributed by atoms with Crippen LogP contribution in [0.5, 0.6) is 5.75 Å². The summed E-state index contributed by atoms with van der Waals surface area (Å²) in [6.45, 7) is 0. The molecule has 2 aromatic rings. The number of hydrogen-bond acceptors (Lipinski definition) is 2. The summed E-state index contributed by atoms with van der Waals surface area (Å²) in [5.74, 6) is 1.61. The molecule has 0 saturated carbocycles. The van der Waals surface area contributed by atoms with Crippen LogP contribution in [0.15, 0.2) is 63.7 Å². The van der Waals surface area contributed by atoms with Gasteiger partial charge in [0.25, 0.3) is 0 Å². The first-order chi connectivity index (χ1) is 9.72. The number of fused-ring (bicyclic) bond motifs is 1. The van der Waals surface area contributed by atoms with E-state index in [2.05, 4.69) is 33.0 Å². The average Bonchev–Trinajstić information content (AvgIpc) is 2.47. The van der Waals surface area contributed by atoms with Gasteiger partial charge in [-0.05, 0) is 0 Å². The summed E-state index contributed by atoms with van der Waals surface area (Å²) in [5.41, 5.74) is 0.851. The first kappa shape index (κ1) is 13.9. The Bertz CT molecular complexity index is 640. The number of hydrogen-bond donors (Lipinski definition) is 1. The zero-order valence-corrected chi connectivity index (χ0v) is 13.9. The predicted molar refractivity (Wildman–Crippen MR) is 84.3 cm³/mol. The van der Waals surface area contributed by atoms with Crippen molar-refractivity contribution in [2.45, 2.75) is 12.5 Å². The van der Waals surface area contributed by atoms with Crippen molar-refractivity contribution < 1.29 is 9.84 Å². The summed E-state index contributed by atoms with van der Waals surface area (Å²) < 4.78 is 8.13. The molecule has 0 aromatic heterocycles. The van der Waals surface area contributed by atoms with E-state index in [1.165, 1.54) is 4.46 Å². The minimum atomic E-state index is -0.492. The Morgan fingerprint density at radius 1 is 1.20 bits per heavy atom. The van der Waals surface area contributed by atoms with E-state index in [1.807, 2.05) is 36.4 Å². The normalized spacial score (nSPS) is 19.5. The zero-order chi connectivity index (χ0) is 13.9. The number of rotatable bonds is 2. The van der Waals surface area contributed by atoms with Crippen molar-refractivity contribution >= 4 is 35.3 Å². The maximum atomic E-state index is 10.2. The quantitative estimate of drug-likeness (QED) is 0.791. The molecule has 2 aromatic carbocycles. The van der Waals surface area contributed by atoms with Crippen molar-refractivity contribution in [2.75, 3.05) is 0 Å². The zero-order valence-electron chi connectivity index (χ0n) is 10.6. The number of halogens is 1. The molecule has 1 aliphatic heterocycles. The molecule has 20 heavy (non-hydrogen) atoms. The topological polar surface area (TPSA) is 29.5 Å². The second kappa shape index (κ2) is 6.15. The maximum absolute atomic E-state index is 10.2. The summed E-state index contributed by atoms with van der Waals surface area (Å²) in [6.07, 6.45) is 0.0481. The molecule has 0 bridgehead atoms. The van der Waals surface area contributed by atoms with Crippen LogP contribution < -0.4 is 9.20 Å². The molecular formula is C16H13BrO2Se. The summed E-state index contributed by atoms with van der Waals surface area (Å²) >= 11 is 3.64. The van der Waals surface area contributed by atoms with E-state index in [1.54, 1.807) is 0 Å². The Hall–Kier alpha value is -1.06. The molecule has 1 atom stereocenters. The van der Waals surface area contributed by atoms with Crippen molar-refractivity contribution in [3.8, 4) is 5.75 Å². The van der Waals surface area contributed by atoms with E-state index in [0.717, 1.165) is 21.5 Å². The number of ether oxygens (including phenoxy) is 1. The van der Waals surface area contributed by atoms with Gasteiger partial charge in [0.15, 0.2) is 0 Å². The van der Waals surface area contributed by atoms with E-state index >= 15 is 0 Å². The van der Waals surface area contributed by atoms with Gasteiger partial charge in [-0.25, -0.2) is 0 Å². The van der Waals surface area contributed by atoms with Crippen LogP contribution >= 0.6 is 15.9 Å². The molecule has 2 nitrogen and oxygen atoms in total. The van der Waals surface area contributed by atoms with Gasteiger partial charge in [-0.1, -0.05) is 0 Å². The van der Waals surface area contributed by atoms with Crippen LogP contribution in [-0.2, 0) is 0 Å². The van der Waals surface area contributed by atoms with Crippen LogP contribution in [0.25, 0.3) is 0 Å². The van der Waals surface area contributed by atoms with Crippen LogP contribution in [0.4, 0.5) is 0 Å². The number of aliphatic hydroxyl groups is 1. The molecule has 0 radical (unpaired) electrons. The van der Waals surface area contributed by atoms with Gasteiger partial charge in [-0.2, -0.15) is 0 Å². The molecule has 0 amide bonds. The van der Waals surface area contributed by atoms with Crippen molar-refractivity contribution in [1.29, 1.82) is 0 Å². The van der Waals surface area contributed by atoms with E-state index in [-0.39, 0.29) is 15.0 Å². The van der Waals surface area contributed by atoms with Crippen molar-refractivity contribution in [1.82, 2.24) is 0 Å². The molecule has 1 aliphatic rings. The Kier molecular flexibility index (Phi) is 4.27. The predicted octanol–water partition coefficient (Wildman–Crippen LogP) is 3.14. The van der Waals surface area contributed by atoms with Crippen LogP contribution in [-0.4, -0.2) is 20.1 Å². The fourth-order valence-corrected chi connectivity index (χ4v) is 3.96. The molecule has 0 aliphatic carbocycles. The Labute approximate surface area is 132 Å². The van der Waals surface area contributed by atoms with Gasteiger partial charge in [0.1, 0.15) is 0 Å². The van der Waals surface area contributed by atoms with Gasteiger partial charge >= 0.3 is 133 Å². The van der Waals surface area contributed by atoms with Gasteiger partial charge in [-0.15, -0.1) is 0 Å². The minimum absolute atomic E-state index is 0.225. The van der Waals surface area contributed by atoms with Crippen LogP contribution in [0.3, 0.4) is 0 Å². The van der Waals surface area contributed by atoms with Gasteiger partial charge in [-0.3, -0.25) is 0 Å². The standard InChI is InChI=1S/C16H13BrO2Se/c17-11-6-7-16-14(8-11)15(18)9-12(19-16)10-20-13-4-2-1-3-5-13/h1-8,10,15,18H,9H2/b12-10+. The van der Waals surface area contributed by atoms with Gasteiger partial charge < -0.3 is 0 Å². The third-order valence-electron chi connectivity index (χ3n) is 3.04. The van der Waals surface area contributed by atoms with Crippen molar-refractivity contribution in [3.63, 3.8) is 0 Å². The first-order valence-corrected chi connectivity index (χ1v) is 8.92. The molecule has 1 N–H and O–H groups in total. The summed E-state index contributed by atoms with van der Waals surface area (Å²) in [6, 6.07) is 16.1. The third-order valence-corrected chi connectivity index (χ3v) is 5.47. The molecule has 0 spiro atoms. The molecule has 1 heterocycles. The third kappa shape index (κ3) is 3.15. The monoisotopic (exact) mass is 396 g/mol. The van der Waals surface area contributed by atoms with Gasteiger partial charge in [0.2, 0.25) is 0 Å². The Morgan fingerprint density at radius 2 is 2.00 bits per heavy atom. The number of aliphatic hydroxyl groups excluding tert-OH is 1. The van der Waals surface area contributed by atoms with Crippen molar-refractivity contribution in [3.05, 3.63) is 69.3 Å². The summed E-state index contributed by atoms with van der Waals surface area (Å²) in [5, 5.41) is 10.2. The van der Waals surface area contributed by atoms with Gasteiger partial charge in [0.05, 0.1) is 0 Å². The number of benzene rings is 2. The summed E-state index contributed by atoms with van der Waals surface area (Å²) in [7, 11) is 0. The molecular weight excluding hydrogens is 383 g/mol. The van der Waals surface area contributed by atoms with Crippen LogP contribution in [0.1, 0.15) is 18.1 Å². The Morgan fingerprint density at radius 3 is 2.80 bits per heavy atom. The summed E-state index contributed by atoms with van der Waals surface area (Å²) in [4.78, 5) is 2.11. The SMILES string of the molecule is OC1C/C(=C\[Se]c2ccccc2)Oc2ccc(Br)cc21. The molecule has 4 heteroatoms. The van der Waals surface area contributed by atoms with E-state index in [0.29, 0.717) is 6.42 Å². The second-order valence-electron chi connectivity index (χ2n) is 4.52. The van der Waals surface area contributed by atoms with E-state index < -0.39 is 6.10 Å². The van der Waals surface area contributed by atoms with E-state index in [4.69, 9.17) is 4.74 Å². The molecule has 102 valence electrons. The second-order valence-corrected chi connectivity index (χ2v) is 7.41. The fraction of sp³-hybridized carbons (Fsp3) is 0.125. The molecule has 0 fully saturated rings. The Balaban J connectivity index is 1.79. The van der Waals surface area contributed by atoms with Gasteiger partial charge in [0, 0.05) is 0 Å². The average molecular weight is 396 g/mol. The van der Waals surface area contributed by atoms with Crippen LogP contribution in [0, 0.1) is 0 Å². The van der Waals surface area contributed by atoms with E-state index in [9.17, 15) is 5.11 Å².